The lowest BCUT2D eigenvalue weighted by Gasteiger charge is -2.35. The number of rotatable bonds is 8. The minimum atomic E-state index is -0.468. The minimum absolute atomic E-state index is 0.00318. The van der Waals surface area contributed by atoms with Crippen LogP contribution >= 0.6 is 0 Å². The Labute approximate surface area is 221 Å². The van der Waals surface area contributed by atoms with E-state index in [1.165, 1.54) is 17.2 Å². The number of piperazine rings is 1. The number of ether oxygens (including phenoxy) is 2. The summed E-state index contributed by atoms with van der Waals surface area (Å²) in [6.45, 7) is 4.45. The summed E-state index contributed by atoms with van der Waals surface area (Å²) in [5, 5.41) is 12.1. The van der Waals surface area contributed by atoms with Crippen molar-refractivity contribution in [1.82, 2.24) is 19.8 Å². The highest BCUT2D eigenvalue weighted by atomic mass is 16.5. The molecule has 2 aromatic rings. The molecular weight excluding hydrogens is 490 g/mol. The summed E-state index contributed by atoms with van der Waals surface area (Å²) in [7, 11) is 3.44. The minimum Gasteiger partial charge on any atom is -0.490 e. The summed E-state index contributed by atoms with van der Waals surface area (Å²) in [5.74, 6) is 0.901. The Morgan fingerprint density at radius 2 is 2.13 bits per heavy atom. The molecule has 38 heavy (non-hydrogen) atoms. The number of hydrogen-bond acceptors (Lipinski definition) is 9. The van der Waals surface area contributed by atoms with Gasteiger partial charge in [0.1, 0.15) is 41.3 Å². The molecule has 2 aliphatic rings. The van der Waals surface area contributed by atoms with Gasteiger partial charge < -0.3 is 14.4 Å². The number of hydrogen-bond donors (Lipinski definition) is 1. The second-order valence-electron chi connectivity index (χ2n) is 9.39. The van der Waals surface area contributed by atoms with Crippen LogP contribution in [0, 0.1) is 11.3 Å². The molecule has 0 aliphatic carbocycles. The Balaban J connectivity index is 1.57. The third kappa shape index (κ3) is 5.90. The zero-order valence-corrected chi connectivity index (χ0v) is 21.8. The number of likely N-dealkylation sites (N-methyl/N-ethyl adjacent to an activating group) is 1. The standard InChI is InChI=1S/C26H31N7O5/c1-17-4-5-18-10-19(14-32-7-6-31(2)15-24(32)35)21(16-34)29-25(18)33(17)26(36)30-23-11-22(38-9-8-37-3)20(12-27)13-28-23/h10-11,13,16-17H,4-9,14-15H2,1-3H3,(H,28,30,36)/t17-/m0/s1. The third-order valence-electron chi connectivity index (χ3n) is 6.66. The van der Waals surface area contributed by atoms with Gasteiger partial charge in [0.25, 0.3) is 0 Å². The Bertz CT molecular complexity index is 1260. The van der Waals surface area contributed by atoms with E-state index in [2.05, 4.69) is 15.3 Å². The lowest BCUT2D eigenvalue weighted by molar-refractivity contribution is -0.136. The molecule has 3 amide bonds. The molecular formula is C26H31N7O5. The second kappa shape index (κ2) is 12.0. The van der Waals surface area contributed by atoms with Crippen LogP contribution in [0.4, 0.5) is 16.4 Å². The summed E-state index contributed by atoms with van der Waals surface area (Å²) >= 11 is 0. The summed E-state index contributed by atoms with van der Waals surface area (Å²) in [6, 6.07) is 4.73. The van der Waals surface area contributed by atoms with Crippen LogP contribution in [-0.4, -0.2) is 91.0 Å². The van der Waals surface area contributed by atoms with Gasteiger partial charge in [-0.1, -0.05) is 0 Å². The number of amides is 3. The predicted molar refractivity (Wildman–Crippen MR) is 138 cm³/mol. The van der Waals surface area contributed by atoms with Crippen LogP contribution in [0.25, 0.3) is 0 Å². The van der Waals surface area contributed by atoms with Crippen LogP contribution in [0.3, 0.4) is 0 Å². The number of nitrogens with zero attached hydrogens (tertiary/aromatic N) is 6. The molecule has 0 saturated carbocycles. The number of urea groups is 1. The molecule has 0 unspecified atom stereocenters. The molecule has 12 nitrogen and oxygen atoms in total. The van der Waals surface area contributed by atoms with Crippen LogP contribution in [-0.2, 0) is 22.5 Å². The van der Waals surface area contributed by atoms with Gasteiger partial charge in [0.15, 0.2) is 6.29 Å². The number of pyridine rings is 2. The number of aryl methyl sites for hydroxylation is 1. The van der Waals surface area contributed by atoms with Crippen molar-refractivity contribution < 1.29 is 23.9 Å². The zero-order chi connectivity index (χ0) is 27.2. The number of nitriles is 1. The van der Waals surface area contributed by atoms with Crippen molar-refractivity contribution in [3.8, 4) is 11.8 Å². The van der Waals surface area contributed by atoms with E-state index in [-0.39, 0.29) is 41.4 Å². The highest BCUT2D eigenvalue weighted by Gasteiger charge is 2.32. The number of carbonyl (C=O) groups excluding carboxylic acids is 3. The first-order valence-electron chi connectivity index (χ1n) is 12.4. The van der Waals surface area contributed by atoms with Crippen LogP contribution < -0.4 is 15.0 Å². The average molecular weight is 522 g/mol. The summed E-state index contributed by atoms with van der Waals surface area (Å²) in [4.78, 5) is 51.8. The average Bonchev–Trinajstić information content (AvgIpc) is 2.90. The van der Waals surface area contributed by atoms with Gasteiger partial charge >= 0.3 is 6.03 Å². The number of nitrogens with one attached hydrogen (secondary N) is 1. The number of anilines is 2. The van der Waals surface area contributed by atoms with Gasteiger partial charge in [0.05, 0.1) is 19.3 Å². The van der Waals surface area contributed by atoms with Gasteiger partial charge in [-0.15, -0.1) is 0 Å². The largest absolute Gasteiger partial charge is 0.490 e. The predicted octanol–water partition coefficient (Wildman–Crippen LogP) is 1.83. The molecule has 4 heterocycles. The lowest BCUT2D eigenvalue weighted by atomic mass is 9.97. The molecule has 12 heteroatoms. The summed E-state index contributed by atoms with van der Waals surface area (Å²) < 4.78 is 10.6. The monoisotopic (exact) mass is 521 g/mol. The van der Waals surface area contributed by atoms with E-state index in [4.69, 9.17) is 9.47 Å². The topological polar surface area (TPSA) is 141 Å². The van der Waals surface area contributed by atoms with Gasteiger partial charge in [-0.2, -0.15) is 5.26 Å². The Morgan fingerprint density at radius 1 is 1.32 bits per heavy atom. The van der Waals surface area contributed by atoms with Gasteiger partial charge in [-0.3, -0.25) is 24.7 Å². The molecule has 0 aromatic carbocycles. The highest BCUT2D eigenvalue weighted by molar-refractivity contribution is 6.02. The fourth-order valence-electron chi connectivity index (χ4n) is 4.54. The first-order chi connectivity index (χ1) is 18.3. The molecule has 0 bridgehead atoms. The van der Waals surface area contributed by atoms with Crippen molar-refractivity contribution in [3.63, 3.8) is 0 Å². The molecule has 2 aliphatic heterocycles. The molecule has 1 saturated heterocycles. The zero-order valence-electron chi connectivity index (χ0n) is 21.8. The van der Waals surface area contributed by atoms with Crippen molar-refractivity contribution in [1.29, 1.82) is 5.26 Å². The normalized spacial score (nSPS) is 17.5. The fraction of sp³-hybridized carbons (Fsp3) is 0.462. The fourth-order valence-corrected chi connectivity index (χ4v) is 4.54. The first-order valence-corrected chi connectivity index (χ1v) is 12.4. The van der Waals surface area contributed by atoms with Crippen molar-refractivity contribution in [2.45, 2.75) is 32.4 Å². The molecule has 1 atom stereocenters. The Morgan fingerprint density at radius 3 is 2.84 bits per heavy atom. The van der Waals surface area contributed by atoms with Gasteiger partial charge in [0.2, 0.25) is 5.91 Å². The van der Waals surface area contributed by atoms with Gasteiger partial charge in [0, 0.05) is 44.4 Å². The summed E-state index contributed by atoms with van der Waals surface area (Å²) in [6.07, 6.45) is 3.38. The van der Waals surface area contributed by atoms with E-state index in [1.807, 2.05) is 31.0 Å². The quantitative estimate of drug-likeness (QED) is 0.407. The Kier molecular flexibility index (Phi) is 8.50. The molecule has 4 rings (SSSR count). The number of aromatic nitrogens is 2. The number of aldehydes is 1. The van der Waals surface area contributed by atoms with Crippen LogP contribution in [0.2, 0.25) is 0 Å². The van der Waals surface area contributed by atoms with Crippen LogP contribution in [0.5, 0.6) is 5.75 Å². The third-order valence-corrected chi connectivity index (χ3v) is 6.66. The van der Waals surface area contributed by atoms with Gasteiger partial charge in [-0.25, -0.2) is 14.8 Å². The van der Waals surface area contributed by atoms with Crippen molar-refractivity contribution in [2.75, 3.05) is 57.2 Å². The lowest BCUT2D eigenvalue weighted by Crippen LogP contribution is -2.48. The second-order valence-corrected chi connectivity index (χ2v) is 9.39. The number of carbonyl (C=O) groups is 3. The Hall–Kier alpha value is -4.08. The van der Waals surface area contributed by atoms with E-state index in [1.54, 1.807) is 12.0 Å². The van der Waals surface area contributed by atoms with E-state index >= 15 is 0 Å². The SMILES string of the molecule is COCCOc1cc(NC(=O)N2c3nc(C=O)c(CN4CCN(C)CC4=O)cc3CC[C@@H]2C)ncc1C#N. The molecule has 0 radical (unpaired) electrons. The van der Waals surface area contributed by atoms with Crippen molar-refractivity contribution in [3.05, 3.63) is 40.7 Å². The van der Waals surface area contributed by atoms with E-state index in [9.17, 15) is 19.6 Å². The highest BCUT2D eigenvalue weighted by Crippen LogP contribution is 2.32. The van der Waals surface area contributed by atoms with Gasteiger partial charge in [-0.05, 0) is 38.4 Å². The van der Waals surface area contributed by atoms with Crippen molar-refractivity contribution >= 4 is 29.9 Å². The maximum atomic E-state index is 13.4. The summed E-state index contributed by atoms with van der Waals surface area (Å²) in [5.41, 5.74) is 1.93. The molecule has 1 fully saturated rings. The van der Waals surface area contributed by atoms with Crippen LogP contribution in [0.15, 0.2) is 18.3 Å². The number of fused-ring (bicyclic) bond motifs is 1. The smallest absolute Gasteiger partial charge is 0.328 e. The van der Waals surface area contributed by atoms with Crippen molar-refractivity contribution in [2.24, 2.45) is 0 Å². The molecule has 0 spiro atoms. The van der Waals surface area contributed by atoms with E-state index in [0.717, 1.165) is 12.1 Å². The maximum Gasteiger partial charge on any atom is 0.328 e. The van der Waals surface area contributed by atoms with E-state index in [0.29, 0.717) is 56.8 Å². The van der Waals surface area contributed by atoms with E-state index < -0.39 is 6.03 Å². The number of methoxy groups -OCH3 is 1. The molecule has 2 aromatic heterocycles. The molecule has 1 N–H and O–H groups in total. The van der Waals surface area contributed by atoms with Crippen LogP contribution in [0.1, 0.15) is 40.5 Å². The maximum absolute atomic E-state index is 13.4. The first kappa shape index (κ1) is 27.0. The molecule has 200 valence electrons.